The first-order valence-corrected chi connectivity index (χ1v) is 1.37. The highest BCUT2D eigenvalue weighted by Crippen LogP contribution is 1.41. The van der Waals surface area contributed by atoms with Crippen molar-refractivity contribution in [1.82, 2.24) is 0 Å². The predicted molar refractivity (Wildman–Crippen MR) is 24.0 cm³/mol. The summed E-state index contributed by atoms with van der Waals surface area (Å²) < 4.78 is 0. The molecule has 0 atom stereocenters. The molecule has 0 aliphatic carbocycles. The minimum absolute atomic E-state index is 1.00. The van der Waals surface area contributed by atoms with Crippen LogP contribution in [0.5, 0.6) is 0 Å². The lowest BCUT2D eigenvalue weighted by molar-refractivity contribution is 0.399. The fourth-order valence-corrected chi connectivity index (χ4v) is 0. The van der Waals surface area contributed by atoms with Crippen LogP contribution in [0, 0.1) is 11.3 Å². The van der Waals surface area contributed by atoms with E-state index in [0.29, 0.717) is 0 Å². The zero-order valence-corrected chi connectivity index (χ0v) is 3.68. The first kappa shape index (κ1) is 8.95. The Labute approximate surface area is 37.3 Å². The highest BCUT2D eigenvalue weighted by atomic mass is 16.2. The SMILES string of the molecule is C=CC#N.CO. The van der Waals surface area contributed by atoms with E-state index in [4.69, 9.17) is 10.4 Å². The molecule has 0 radical (unpaired) electrons. The van der Waals surface area contributed by atoms with Crippen molar-refractivity contribution in [3.05, 3.63) is 12.7 Å². The van der Waals surface area contributed by atoms with E-state index >= 15 is 0 Å². The Hall–Kier alpha value is -0.810. The summed E-state index contributed by atoms with van der Waals surface area (Å²) in [5.41, 5.74) is 0. The van der Waals surface area contributed by atoms with Crippen LogP contribution in [-0.4, -0.2) is 12.2 Å². The second-order valence-corrected chi connectivity index (χ2v) is 0.333. The van der Waals surface area contributed by atoms with Crippen LogP contribution >= 0.6 is 0 Å². The van der Waals surface area contributed by atoms with E-state index in [2.05, 4.69) is 6.58 Å². The molecule has 6 heavy (non-hydrogen) atoms. The number of aliphatic hydroxyl groups is 1. The van der Waals surface area contributed by atoms with E-state index in [1.807, 2.05) is 0 Å². The van der Waals surface area contributed by atoms with E-state index in [-0.39, 0.29) is 0 Å². The summed E-state index contributed by atoms with van der Waals surface area (Å²) in [6, 6.07) is 1.69. The number of nitriles is 1. The number of aliphatic hydroxyl groups excluding tert-OH is 1. The van der Waals surface area contributed by atoms with Gasteiger partial charge in [-0.1, -0.05) is 6.58 Å². The van der Waals surface area contributed by atoms with Gasteiger partial charge in [-0.15, -0.1) is 0 Å². The molecule has 0 aromatic heterocycles. The number of nitrogens with zero attached hydrogens (tertiary/aromatic N) is 1. The topological polar surface area (TPSA) is 44.0 Å². The third-order valence-corrected chi connectivity index (χ3v) is 0.0913. The minimum Gasteiger partial charge on any atom is -0.400 e. The largest absolute Gasteiger partial charge is 0.400 e. The van der Waals surface area contributed by atoms with Crippen LogP contribution in [0.25, 0.3) is 0 Å². The molecule has 2 nitrogen and oxygen atoms in total. The molecule has 0 saturated carbocycles. The van der Waals surface area contributed by atoms with Gasteiger partial charge < -0.3 is 5.11 Å². The monoisotopic (exact) mass is 85.1 g/mol. The number of hydrogen-bond acceptors (Lipinski definition) is 2. The molecule has 0 unspecified atom stereocenters. The predicted octanol–water partition coefficient (Wildman–Crippen LogP) is 0.304. The van der Waals surface area contributed by atoms with Gasteiger partial charge in [0.2, 0.25) is 0 Å². The third-order valence-electron chi connectivity index (χ3n) is 0.0913. The van der Waals surface area contributed by atoms with Gasteiger partial charge in [-0.25, -0.2) is 0 Å². The summed E-state index contributed by atoms with van der Waals surface area (Å²) in [6.45, 7) is 3.12. The minimum atomic E-state index is 1.00. The number of rotatable bonds is 0. The highest BCUT2D eigenvalue weighted by molar-refractivity contribution is 4.93. The van der Waals surface area contributed by atoms with Gasteiger partial charge in [0.1, 0.15) is 0 Å². The van der Waals surface area contributed by atoms with Crippen molar-refractivity contribution >= 4 is 0 Å². The van der Waals surface area contributed by atoms with Crippen LogP contribution in [-0.2, 0) is 0 Å². The Morgan fingerprint density at radius 2 is 2.00 bits per heavy atom. The first-order chi connectivity index (χ1) is 2.91. The Balaban J connectivity index is 0. The quantitative estimate of drug-likeness (QED) is 0.430. The third kappa shape index (κ3) is 424. The van der Waals surface area contributed by atoms with Crippen LogP contribution < -0.4 is 0 Å². The zero-order valence-electron chi connectivity index (χ0n) is 3.68. The van der Waals surface area contributed by atoms with Crippen molar-refractivity contribution in [3.63, 3.8) is 0 Å². The maximum absolute atomic E-state index is 7.51. The van der Waals surface area contributed by atoms with Crippen LogP contribution in [0.3, 0.4) is 0 Å². The smallest absolute Gasteiger partial charge is 0.0905 e. The maximum Gasteiger partial charge on any atom is 0.0905 e. The van der Waals surface area contributed by atoms with Crippen molar-refractivity contribution in [2.45, 2.75) is 0 Å². The fraction of sp³-hybridized carbons (Fsp3) is 0.250. The van der Waals surface area contributed by atoms with Crippen LogP contribution in [0.1, 0.15) is 0 Å². The molecule has 0 saturated heterocycles. The lowest BCUT2D eigenvalue weighted by Crippen LogP contribution is -1.25. The van der Waals surface area contributed by atoms with Crippen molar-refractivity contribution in [1.29, 1.82) is 5.26 Å². The van der Waals surface area contributed by atoms with E-state index in [9.17, 15) is 0 Å². The van der Waals surface area contributed by atoms with Gasteiger partial charge >= 0.3 is 0 Å². The molecular weight excluding hydrogens is 78.0 g/mol. The molecule has 0 aliphatic rings. The normalized spacial score (nSPS) is 3.50. The zero-order chi connectivity index (χ0) is 5.41. The van der Waals surface area contributed by atoms with Crippen molar-refractivity contribution < 1.29 is 5.11 Å². The van der Waals surface area contributed by atoms with Gasteiger partial charge in [0.05, 0.1) is 6.07 Å². The van der Waals surface area contributed by atoms with Gasteiger partial charge in [-0.3, -0.25) is 0 Å². The summed E-state index contributed by atoms with van der Waals surface area (Å²) in [7, 11) is 1.00. The molecule has 0 amide bonds. The lowest BCUT2D eigenvalue weighted by atomic mass is 10.8. The van der Waals surface area contributed by atoms with Crippen molar-refractivity contribution in [2.75, 3.05) is 7.11 Å². The van der Waals surface area contributed by atoms with Crippen LogP contribution in [0.15, 0.2) is 12.7 Å². The molecule has 1 N–H and O–H groups in total. The standard InChI is InChI=1S/C3H3N.CH4O/c1-2-3-4;1-2/h2H,1H2;2H,1H3. The lowest BCUT2D eigenvalue weighted by Gasteiger charge is -1.31. The number of hydrogen-bond donors (Lipinski definition) is 1. The second-order valence-electron chi connectivity index (χ2n) is 0.333. The summed E-state index contributed by atoms with van der Waals surface area (Å²) in [6.07, 6.45) is 1.18. The summed E-state index contributed by atoms with van der Waals surface area (Å²) in [5.74, 6) is 0. The molecule has 0 heterocycles. The Morgan fingerprint density at radius 3 is 2.00 bits per heavy atom. The molecular formula is C4H7NO. The Morgan fingerprint density at radius 1 is 1.83 bits per heavy atom. The molecule has 0 aliphatic heterocycles. The summed E-state index contributed by atoms with van der Waals surface area (Å²) in [4.78, 5) is 0. The van der Waals surface area contributed by atoms with Gasteiger partial charge in [0.25, 0.3) is 0 Å². The average molecular weight is 85.1 g/mol. The highest BCUT2D eigenvalue weighted by Gasteiger charge is 1.34. The molecule has 0 aromatic carbocycles. The summed E-state index contributed by atoms with van der Waals surface area (Å²) >= 11 is 0. The molecule has 2 heteroatoms. The van der Waals surface area contributed by atoms with E-state index in [1.54, 1.807) is 6.07 Å². The number of allylic oxidation sites excluding steroid dienone is 1. The van der Waals surface area contributed by atoms with E-state index < -0.39 is 0 Å². The van der Waals surface area contributed by atoms with E-state index in [1.165, 1.54) is 6.08 Å². The second kappa shape index (κ2) is 30.1. The molecule has 0 bridgehead atoms. The molecule has 0 rings (SSSR count). The van der Waals surface area contributed by atoms with Gasteiger partial charge in [0.15, 0.2) is 0 Å². The molecule has 0 spiro atoms. The van der Waals surface area contributed by atoms with Gasteiger partial charge in [-0.2, -0.15) is 5.26 Å². The molecule has 0 aromatic rings. The summed E-state index contributed by atoms with van der Waals surface area (Å²) in [5, 5.41) is 14.5. The Bertz CT molecular complexity index is 53.1. The molecule has 0 fully saturated rings. The maximum atomic E-state index is 7.51. The van der Waals surface area contributed by atoms with Crippen molar-refractivity contribution in [3.8, 4) is 6.07 Å². The first-order valence-electron chi connectivity index (χ1n) is 1.37. The van der Waals surface area contributed by atoms with Gasteiger partial charge in [0, 0.05) is 13.2 Å². The fourth-order valence-electron chi connectivity index (χ4n) is 0. The van der Waals surface area contributed by atoms with Crippen LogP contribution in [0.4, 0.5) is 0 Å². The van der Waals surface area contributed by atoms with Crippen LogP contribution in [0.2, 0.25) is 0 Å². The average Bonchev–Trinajstić information content (AvgIpc) is 1.72. The van der Waals surface area contributed by atoms with Crippen molar-refractivity contribution in [2.24, 2.45) is 0 Å². The Kier molecular flexibility index (Phi) is 44.9. The van der Waals surface area contributed by atoms with E-state index in [0.717, 1.165) is 7.11 Å². The molecule has 34 valence electrons. The van der Waals surface area contributed by atoms with Gasteiger partial charge in [-0.05, 0) is 0 Å².